The van der Waals surface area contributed by atoms with Crippen molar-refractivity contribution in [3.8, 4) is 6.07 Å². The predicted octanol–water partition coefficient (Wildman–Crippen LogP) is 1.66. The number of esters is 1. The molecule has 1 rings (SSSR count). The topological polar surface area (TPSA) is 87.5 Å². The molecule has 8 heteroatoms. The molecule has 0 aliphatic carbocycles. The van der Waals surface area contributed by atoms with Crippen molar-refractivity contribution in [2.24, 2.45) is 0 Å². The third-order valence-corrected chi connectivity index (χ3v) is 4.62. The number of ether oxygens (including phenoxy) is 1. The summed E-state index contributed by atoms with van der Waals surface area (Å²) in [7, 11) is -4.01. The summed E-state index contributed by atoms with van der Waals surface area (Å²) < 4.78 is 44.1. The van der Waals surface area contributed by atoms with E-state index in [2.05, 4.69) is 0 Å². The predicted molar refractivity (Wildman–Crippen MR) is 76.8 cm³/mol. The Labute approximate surface area is 129 Å². The van der Waals surface area contributed by atoms with Crippen molar-refractivity contribution in [2.45, 2.75) is 25.2 Å². The van der Waals surface area contributed by atoms with Crippen molar-refractivity contribution in [1.29, 1.82) is 5.26 Å². The minimum atomic E-state index is -4.01. The molecule has 0 aromatic heterocycles. The van der Waals surface area contributed by atoms with Gasteiger partial charge in [-0.2, -0.15) is 9.57 Å². The normalized spacial score (nSPS) is 11.2. The standard InChI is InChI=1S/C14H17FN2O4S/c1-3-7-17(10-14(18)21-4-2)22(19,20)12-5-6-13(15)11(8-12)9-16/h5-6,8H,3-4,7,10H2,1-2H3. The van der Waals surface area contributed by atoms with Crippen LogP contribution in [-0.4, -0.2) is 38.4 Å². The second kappa shape index (κ2) is 7.87. The van der Waals surface area contributed by atoms with Crippen LogP contribution in [0.2, 0.25) is 0 Å². The molecule has 0 saturated carbocycles. The first kappa shape index (κ1) is 18.1. The Kier molecular flexibility index (Phi) is 6.46. The van der Waals surface area contributed by atoms with Crippen LogP contribution >= 0.6 is 0 Å². The highest BCUT2D eigenvalue weighted by Gasteiger charge is 2.27. The smallest absolute Gasteiger partial charge is 0.321 e. The van der Waals surface area contributed by atoms with Crippen molar-refractivity contribution in [3.63, 3.8) is 0 Å². The lowest BCUT2D eigenvalue weighted by molar-refractivity contribution is -0.143. The van der Waals surface area contributed by atoms with Crippen molar-refractivity contribution in [3.05, 3.63) is 29.6 Å². The minimum Gasteiger partial charge on any atom is -0.465 e. The molecule has 1 aromatic rings. The zero-order valence-electron chi connectivity index (χ0n) is 12.4. The van der Waals surface area contributed by atoms with Gasteiger partial charge in [0.05, 0.1) is 17.1 Å². The lowest BCUT2D eigenvalue weighted by Gasteiger charge is -2.20. The van der Waals surface area contributed by atoms with Crippen molar-refractivity contribution in [1.82, 2.24) is 4.31 Å². The zero-order valence-corrected chi connectivity index (χ0v) is 13.2. The van der Waals surface area contributed by atoms with E-state index in [0.29, 0.717) is 6.42 Å². The molecule has 0 radical (unpaired) electrons. The second-order valence-corrected chi connectivity index (χ2v) is 6.34. The maximum atomic E-state index is 13.3. The molecule has 0 saturated heterocycles. The summed E-state index contributed by atoms with van der Waals surface area (Å²) in [5.74, 6) is -1.46. The summed E-state index contributed by atoms with van der Waals surface area (Å²) in [4.78, 5) is 11.3. The monoisotopic (exact) mass is 328 g/mol. The molecule has 0 unspecified atom stereocenters. The van der Waals surface area contributed by atoms with E-state index in [4.69, 9.17) is 10.00 Å². The fourth-order valence-corrected chi connectivity index (χ4v) is 3.29. The zero-order chi connectivity index (χ0) is 16.8. The van der Waals surface area contributed by atoms with E-state index in [0.717, 1.165) is 22.5 Å². The summed E-state index contributed by atoms with van der Waals surface area (Å²) in [5, 5.41) is 8.79. The fraction of sp³-hybridized carbons (Fsp3) is 0.429. The van der Waals surface area contributed by atoms with Crippen molar-refractivity contribution < 1.29 is 22.3 Å². The van der Waals surface area contributed by atoms with Crippen LogP contribution in [0.25, 0.3) is 0 Å². The van der Waals surface area contributed by atoms with Gasteiger partial charge in [-0.1, -0.05) is 6.92 Å². The molecule has 0 aliphatic heterocycles. The molecule has 0 amide bonds. The van der Waals surface area contributed by atoms with Gasteiger partial charge in [0.25, 0.3) is 0 Å². The molecule has 0 heterocycles. The van der Waals surface area contributed by atoms with E-state index in [-0.39, 0.29) is 23.6 Å². The number of hydrogen-bond acceptors (Lipinski definition) is 5. The molecular formula is C14H17FN2O4S. The number of sulfonamides is 1. The molecular weight excluding hydrogens is 311 g/mol. The molecule has 0 bridgehead atoms. The first-order valence-corrected chi connectivity index (χ1v) is 8.16. The van der Waals surface area contributed by atoms with E-state index in [1.807, 2.05) is 0 Å². The van der Waals surface area contributed by atoms with Crippen molar-refractivity contribution >= 4 is 16.0 Å². The average molecular weight is 328 g/mol. The van der Waals surface area contributed by atoms with Gasteiger partial charge in [0, 0.05) is 6.54 Å². The van der Waals surface area contributed by atoms with Crippen LogP contribution in [0.5, 0.6) is 0 Å². The third kappa shape index (κ3) is 4.26. The molecule has 0 aliphatic rings. The number of benzene rings is 1. The van der Waals surface area contributed by atoms with E-state index >= 15 is 0 Å². The van der Waals surface area contributed by atoms with Crippen LogP contribution in [0.1, 0.15) is 25.8 Å². The van der Waals surface area contributed by atoms with E-state index in [1.165, 1.54) is 0 Å². The van der Waals surface area contributed by atoms with Crippen LogP contribution in [0.15, 0.2) is 23.1 Å². The minimum absolute atomic E-state index is 0.112. The lowest BCUT2D eigenvalue weighted by atomic mass is 10.2. The summed E-state index contributed by atoms with van der Waals surface area (Å²) in [6, 6.07) is 4.53. The molecule has 22 heavy (non-hydrogen) atoms. The fourth-order valence-electron chi connectivity index (χ4n) is 1.78. The number of carbonyl (C=O) groups is 1. The number of rotatable bonds is 7. The molecule has 0 N–H and O–H groups in total. The van der Waals surface area contributed by atoms with Crippen LogP contribution in [0.3, 0.4) is 0 Å². The number of nitrogens with zero attached hydrogens (tertiary/aromatic N) is 2. The van der Waals surface area contributed by atoms with E-state index in [9.17, 15) is 17.6 Å². The summed E-state index contributed by atoms with van der Waals surface area (Å²) in [5.41, 5.74) is -0.367. The Balaban J connectivity index is 3.17. The highest BCUT2D eigenvalue weighted by atomic mass is 32.2. The Morgan fingerprint density at radius 2 is 2.09 bits per heavy atom. The maximum Gasteiger partial charge on any atom is 0.321 e. The summed E-state index contributed by atoms with van der Waals surface area (Å²) in [6.45, 7) is 3.21. The Morgan fingerprint density at radius 1 is 1.41 bits per heavy atom. The second-order valence-electron chi connectivity index (χ2n) is 4.40. The molecule has 6 nitrogen and oxygen atoms in total. The van der Waals surface area contributed by atoms with Gasteiger partial charge in [0.1, 0.15) is 18.4 Å². The summed E-state index contributed by atoms with van der Waals surface area (Å²) >= 11 is 0. The number of halogens is 1. The van der Waals surface area contributed by atoms with Gasteiger partial charge >= 0.3 is 5.97 Å². The van der Waals surface area contributed by atoms with Crippen LogP contribution in [0, 0.1) is 17.1 Å². The van der Waals surface area contributed by atoms with E-state index in [1.54, 1.807) is 19.9 Å². The SMILES string of the molecule is CCCN(CC(=O)OCC)S(=O)(=O)c1ccc(F)c(C#N)c1. The van der Waals surface area contributed by atoms with Gasteiger partial charge in [0.15, 0.2) is 0 Å². The molecule has 1 aromatic carbocycles. The molecule has 0 atom stereocenters. The van der Waals surface area contributed by atoms with Crippen LogP contribution in [-0.2, 0) is 19.6 Å². The van der Waals surface area contributed by atoms with Gasteiger partial charge < -0.3 is 4.74 Å². The van der Waals surface area contributed by atoms with Gasteiger partial charge in [0.2, 0.25) is 10.0 Å². The van der Waals surface area contributed by atoms with Crippen molar-refractivity contribution in [2.75, 3.05) is 19.7 Å². The Bertz CT molecular complexity index is 683. The van der Waals surface area contributed by atoms with Gasteiger partial charge in [-0.3, -0.25) is 4.79 Å². The maximum absolute atomic E-state index is 13.3. The number of nitriles is 1. The highest BCUT2D eigenvalue weighted by Crippen LogP contribution is 2.19. The van der Waals surface area contributed by atoms with Crippen LogP contribution in [0.4, 0.5) is 4.39 Å². The number of hydrogen-bond donors (Lipinski definition) is 0. The average Bonchev–Trinajstić information content (AvgIpc) is 2.47. The lowest BCUT2D eigenvalue weighted by Crippen LogP contribution is -2.37. The largest absolute Gasteiger partial charge is 0.465 e. The molecule has 0 fully saturated rings. The highest BCUT2D eigenvalue weighted by molar-refractivity contribution is 7.89. The quantitative estimate of drug-likeness (QED) is 0.710. The first-order valence-electron chi connectivity index (χ1n) is 6.72. The Morgan fingerprint density at radius 3 is 2.64 bits per heavy atom. The molecule has 0 spiro atoms. The van der Waals surface area contributed by atoms with E-state index < -0.39 is 28.4 Å². The Hall–Kier alpha value is -1.98. The third-order valence-electron chi connectivity index (χ3n) is 2.78. The summed E-state index contributed by atoms with van der Waals surface area (Å²) in [6.07, 6.45) is 0.491. The van der Waals surface area contributed by atoms with Gasteiger partial charge in [-0.25, -0.2) is 12.8 Å². The van der Waals surface area contributed by atoms with Crippen LogP contribution < -0.4 is 0 Å². The first-order chi connectivity index (χ1) is 10.4. The van der Waals surface area contributed by atoms with Gasteiger partial charge in [-0.15, -0.1) is 0 Å². The molecule has 120 valence electrons. The van der Waals surface area contributed by atoms with Gasteiger partial charge in [-0.05, 0) is 31.5 Å². The number of carbonyl (C=O) groups excluding carboxylic acids is 1.